The summed E-state index contributed by atoms with van der Waals surface area (Å²) in [5, 5.41) is 0.288. The molecule has 1 saturated heterocycles. The molecule has 6 nitrogen and oxygen atoms in total. The van der Waals surface area contributed by atoms with Gasteiger partial charge in [-0.15, -0.1) is 0 Å². The van der Waals surface area contributed by atoms with Gasteiger partial charge in [0.2, 0.25) is 0 Å². The zero-order valence-corrected chi connectivity index (χ0v) is 20.2. The molecule has 1 aliphatic heterocycles. The number of aromatic nitrogens is 2. The standard InChI is InChI=1S/C10H12N2O4S.2Tl/c1-5-3-12(10(16)11-9(5)15)8-2-6(14)7(4-13)17-8;;/h3,6-8H,2,4H2,1H3,(H,11,15,16);;/q-2;2*+1. The van der Waals surface area contributed by atoms with Crippen molar-refractivity contribution in [1.29, 1.82) is 0 Å². The summed E-state index contributed by atoms with van der Waals surface area (Å²) >= 11 is 2.68. The molecule has 19 heavy (non-hydrogen) atoms. The number of hydrogen-bond donors (Lipinski definition) is 1. The van der Waals surface area contributed by atoms with E-state index in [0.29, 0.717) is 64.6 Å². The van der Waals surface area contributed by atoms with E-state index in [1.807, 2.05) is 0 Å². The number of nitrogens with one attached hydrogen (secondary N) is 1. The van der Waals surface area contributed by atoms with E-state index in [-0.39, 0.29) is 28.0 Å². The van der Waals surface area contributed by atoms with Crippen molar-refractivity contribution in [3.05, 3.63) is 32.6 Å². The van der Waals surface area contributed by atoms with Crippen molar-refractivity contribution in [2.45, 2.75) is 30.1 Å². The Kier molecular flexibility index (Phi) is 6.11. The Morgan fingerprint density at radius 3 is 2.89 bits per heavy atom. The molecule has 1 aromatic heterocycles. The van der Waals surface area contributed by atoms with E-state index in [1.54, 1.807) is 29.4 Å². The molecule has 1 aliphatic rings. The van der Waals surface area contributed by atoms with Crippen LogP contribution in [0.25, 0.3) is 0 Å². The van der Waals surface area contributed by atoms with Gasteiger partial charge in [-0.3, -0.25) is 0 Å². The van der Waals surface area contributed by atoms with Gasteiger partial charge in [0, 0.05) is 0 Å². The Hall–Kier alpha value is 0.794. The van der Waals surface area contributed by atoms with Gasteiger partial charge in [0.1, 0.15) is 0 Å². The molecular formula is C10H12N2O4STl2. The number of aryl methyl sites for hydroxylation is 1. The summed E-state index contributed by atoms with van der Waals surface area (Å²) in [6.45, 7) is 2.39. The molecule has 0 radical (unpaired) electrons. The van der Waals surface area contributed by atoms with Crippen molar-refractivity contribution in [3.8, 4) is 0 Å². The van der Waals surface area contributed by atoms with E-state index in [2.05, 4.69) is 4.98 Å². The number of thioether (sulfide) groups is 1. The van der Waals surface area contributed by atoms with Crippen molar-refractivity contribution in [3.63, 3.8) is 0 Å². The predicted molar refractivity (Wildman–Crippen MR) is 73.4 cm³/mol. The van der Waals surface area contributed by atoms with Gasteiger partial charge < -0.3 is 0 Å². The van der Waals surface area contributed by atoms with Crippen molar-refractivity contribution in [1.82, 2.24) is 9.55 Å². The molecule has 0 saturated carbocycles. The number of H-pyrrole nitrogens is 1. The third-order valence-corrected chi connectivity index (χ3v) is 6.70. The molecule has 1 aromatic rings. The summed E-state index contributed by atoms with van der Waals surface area (Å²) in [5.74, 6) is 0. The average molecular weight is 665 g/mol. The van der Waals surface area contributed by atoms with Crippen LogP contribution in [0.1, 0.15) is 17.4 Å². The van der Waals surface area contributed by atoms with Gasteiger partial charge in [-0.1, -0.05) is 0 Å². The number of hydrogen-bond acceptors (Lipinski definition) is 5. The van der Waals surface area contributed by atoms with Gasteiger partial charge in [0.25, 0.3) is 0 Å². The first-order chi connectivity index (χ1) is 9.06. The maximum absolute atomic E-state index is 11.9. The van der Waals surface area contributed by atoms with Crippen LogP contribution >= 0.6 is 11.8 Å². The molecule has 0 bridgehead atoms. The van der Waals surface area contributed by atoms with Gasteiger partial charge in [0.05, 0.1) is 0 Å². The number of aromatic amines is 1. The van der Waals surface area contributed by atoms with Crippen molar-refractivity contribution in [2.75, 3.05) is 6.61 Å². The van der Waals surface area contributed by atoms with Crippen molar-refractivity contribution < 1.29 is 5.37 Å². The summed E-state index contributed by atoms with van der Waals surface area (Å²) in [5.41, 5.74) is -0.117. The van der Waals surface area contributed by atoms with Crippen LogP contribution in [0.2, 0.25) is 0 Å². The Bertz CT molecular complexity index is 561. The monoisotopic (exact) mass is 666 g/mol. The zero-order valence-electron chi connectivity index (χ0n) is 10.4. The predicted octanol–water partition coefficient (Wildman–Crippen LogP) is -0.582. The summed E-state index contributed by atoms with van der Waals surface area (Å²) < 4.78 is 12.6. The summed E-state index contributed by atoms with van der Waals surface area (Å²) in [6, 6.07) is 0. The van der Waals surface area contributed by atoms with Crippen LogP contribution in [0.3, 0.4) is 0 Å². The second kappa shape index (κ2) is 7.18. The van der Waals surface area contributed by atoms with E-state index in [0.717, 1.165) is 6.42 Å². The first-order valence-electron chi connectivity index (χ1n) is 5.71. The molecule has 3 atom stereocenters. The van der Waals surface area contributed by atoms with Crippen molar-refractivity contribution >= 4 is 64.2 Å². The fraction of sp³-hybridized carbons (Fsp3) is 0.600. The van der Waals surface area contributed by atoms with Crippen LogP contribution < -0.4 is 11.2 Å². The van der Waals surface area contributed by atoms with Gasteiger partial charge in [0.15, 0.2) is 0 Å². The third-order valence-electron chi connectivity index (χ3n) is 3.07. The second-order valence-electron chi connectivity index (χ2n) is 4.35. The molecule has 0 aliphatic carbocycles. The third kappa shape index (κ3) is 3.71. The molecule has 1 N–H and O–H groups in total. The van der Waals surface area contributed by atoms with Crippen molar-refractivity contribution in [2.24, 2.45) is 0 Å². The van der Waals surface area contributed by atoms with Crippen LogP contribution in [-0.4, -0.2) is 80.0 Å². The van der Waals surface area contributed by atoms with Crippen LogP contribution in [-0.2, 0) is 5.37 Å². The van der Waals surface area contributed by atoms with E-state index < -0.39 is 0 Å². The Morgan fingerprint density at radius 2 is 2.26 bits per heavy atom. The maximum atomic E-state index is 11.9. The number of nitrogens with zero attached hydrogens (tertiary/aromatic N) is 1. The molecule has 2 heterocycles. The molecule has 0 amide bonds. The van der Waals surface area contributed by atoms with E-state index in [4.69, 9.17) is 5.37 Å². The molecule has 2 rings (SSSR count). The number of rotatable bonds is 4. The minimum atomic E-state index is -0.350. The van der Waals surface area contributed by atoms with E-state index in [9.17, 15) is 9.59 Å². The molecule has 9 heteroatoms. The first-order valence-corrected chi connectivity index (χ1v) is 10.3. The minimum absolute atomic E-state index is 0.0111. The van der Waals surface area contributed by atoms with E-state index >= 15 is 0 Å². The van der Waals surface area contributed by atoms with Crippen LogP contribution in [0.5, 0.6) is 0 Å². The Balaban J connectivity index is 2.27. The van der Waals surface area contributed by atoms with Gasteiger partial charge in [-0.2, -0.15) is 0 Å². The summed E-state index contributed by atoms with van der Waals surface area (Å²) in [4.78, 5) is 25.6. The normalized spacial score (nSPS) is 26.6. The Labute approximate surface area is 147 Å². The molecule has 1 fully saturated rings. The topological polar surface area (TPSA) is 73.3 Å². The Morgan fingerprint density at radius 1 is 1.53 bits per heavy atom. The summed E-state index contributed by atoms with van der Waals surface area (Å²) in [6.07, 6.45) is 2.57. The molecule has 0 aromatic carbocycles. The quantitative estimate of drug-likeness (QED) is 0.437. The second-order valence-corrected chi connectivity index (χ2v) is 8.13. The fourth-order valence-electron chi connectivity index (χ4n) is 2.06. The van der Waals surface area contributed by atoms with Gasteiger partial charge in [-0.05, 0) is 0 Å². The van der Waals surface area contributed by atoms with Gasteiger partial charge >= 0.3 is 148 Å². The van der Waals surface area contributed by atoms with Crippen LogP contribution in [0.15, 0.2) is 15.8 Å². The van der Waals surface area contributed by atoms with Crippen LogP contribution in [0.4, 0.5) is 0 Å². The average Bonchev–Trinajstić information content (AvgIpc) is 2.77. The summed E-state index contributed by atoms with van der Waals surface area (Å²) in [7, 11) is 0. The molecule has 3 unspecified atom stereocenters. The zero-order chi connectivity index (χ0) is 14.0. The molecule has 98 valence electrons. The first kappa shape index (κ1) is 16.2. The SMILES string of the molecule is Cc1cn(C2CC([O][Tl])C(C[O][Tl])S2)c(=O)[nH]c1=O. The molecule has 0 spiro atoms. The van der Waals surface area contributed by atoms with Gasteiger partial charge in [-0.25, -0.2) is 0 Å². The molecular weight excluding hydrogens is 653 g/mol. The van der Waals surface area contributed by atoms with Crippen LogP contribution in [0, 0.1) is 6.92 Å². The van der Waals surface area contributed by atoms with E-state index in [1.165, 1.54) is 0 Å². The fourth-order valence-corrected chi connectivity index (χ4v) is 6.52.